The molecule has 0 radical (unpaired) electrons. The molecule has 2 saturated carbocycles. The van der Waals surface area contributed by atoms with Gasteiger partial charge in [-0.2, -0.15) is 0 Å². The molecule has 1 unspecified atom stereocenters. The SMILES string of the molecule is NC(CC1CC1)c1nc2ccccc2n1C1CC1. The summed E-state index contributed by atoms with van der Waals surface area (Å²) in [6.07, 6.45) is 6.39. The van der Waals surface area contributed by atoms with Crippen LogP contribution in [0, 0.1) is 5.92 Å². The molecule has 18 heavy (non-hydrogen) atoms. The minimum Gasteiger partial charge on any atom is -0.324 e. The van der Waals surface area contributed by atoms with E-state index in [-0.39, 0.29) is 6.04 Å². The van der Waals surface area contributed by atoms with E-state index in [4.69, 9.17) is 10.7 Å². The smallest absolute Gasteiger partial charge is 0.127 e. The lowest BCUT2D eigenvalue weighted by molar-refractivity contribution is 0.537. The van der Waals surface area contributed by atoms with E-state index >= 15 is 0 Å². The van der Waals surface area contributed by atoms with Crippen LogP contribution in [0.25, 0.3) is 11.0 Å². The molecule has 1 heterocycles. The molecule has 0 amide bonds. The predicted octanol–water partition coefficient (Wildman–Crippen LogP) is 3.17. The van der Waals surface area contributed by atoms with Crippen LogP contribution in [0.1, 0.15) is 50.0 Å². The Morgan fingerprint density at radius 3 is 2.72 bits per heavy atom. The maximum atomic E-state index is 6.38. The van der Waals surface area contributed by atoms with Gasteiger partial charge in [-0.15, -0.1) is 0 Å². The van der Waals surface area contributed by atoms with Crippen LogP contribution >= 0.6 is 0 Å². The Labute approximate surface area is 107 Å². The van der Waals surface area contributed by atoms with Gasteiger partial charge in [0.25, 0.3) is 0 Å². The van der Waals surface area contributed by atoms with Gasteiger partial charge in [0.05, 0.1) is 17.1 Å². The zero-order valence-electron chi connectivity index (χ0n) is 10.5. The average Bonchev–Trinajstić information content (AvgIpc) is 3.29. The predicted molar refractivity (Wildman–Crippen MR) is 72.3 cm³/mol. The molecule has 0 spiro atoms. The van der Waals surface area contributed by atoms with Gasteiger partial charge < -0.3 is 10.3 Å². The molecule has 1 aromatic heterocycles. The molecular formula is C15H19N3. The van der Waals surface area contributed by atoms with Gasteiger partial charge in [0, 0.05) is 6.04 Å². The molecular weight excluding hydrogens is 222 g/mol. The van der Waals surface area contributed by atoms with Crippen LogP contribution in [-0.4, -0.2) is 9.55 Å². The van der Waals surface area contributed by atoms with E-state index in [1.807, 2.05) is 0 Å². The summed E-state index contributed by atoms with van der Waals surface area (Å²) >= 11 is 0. The summed E-state index contributed by atoms with van der Waals surface area (Å²) in [5.74, 6) is 1.97. The second-order valence-electron chi connectivity index (χ2n) is 5.85. The third-order valence-electron chi connectivity index (χ3n) is 4.15. The van der Waals surface area contributed by atoms with Gasteiger partial charge in [0.15, 0.2) is 0 Å². The summed E-state index contributed by atoms with van der Waals surface area (Å²) in [6.45, 7) is 0. The Morgan fingerprint density at radius 2 is 2.00 bits per heavy atom. The zero-order chi connectivity index (χ0) is 12.1. The van der Waals surface area contributed by atoms with Crippen molar-refractivity contribution in [2.45, 2.75) is 44.2 Å². The van der Waals surface area contributed by atoms with Crippen molar-refractivity contribution >= 4 is 11.0 Å². The lowest BCUT2D eigenvalue weighted by Crippen LogP contribution is -2.17. The lowest BCUT2D eigenvalue weighted by Gasteiger charge is -2.13. The fraction of sp³-hybridized carbons (Fsp3) is 0.533. The van der Waals surface area contributed by atoms with Crippen molar-refractivity contribution in [2.75, 3.05) is 0 Å². The van der Waals surface area contributed by atoms with Crippen molar-refractivity contribution in [3.63, 3.8) is 0 Å². The number of hydrogen-bond donors (Lipinski definition) is 1. The second kappa shape index (κ2) is 3.82. The molecule has 94 valence electrons. The van der Waals surface area contributed by atoms with Crippen LogP contribution < -0.4 is 5.73 Å². The first-order valence-electron chi connectivity index (χ1n) is 7.05. The molecule has 1 atom stereocenters. The van der Waals surface area contributed by atoms with Crippen molar-refractivity contribution in [2.24, 2.45) is 11.7 Å². The largest absolute Gasteiger partial charge is 0.324 e. The topological polar surface area (TPSA) is 43.8 Å². The summed E-state index contributed by atoms with van der Waals surface area (Å²) in [6, 6.07) is 9.19. The normalized spacial score (nSPS) is 21.4. The van der Waals surface area contributed by atoms with Crippen LogP contribution in [0.3, 0.4) is 0 Å². The Hall–Kier alpha value is -1.35. The maximum Gasteiger partial charge on any atom is 0.127 e. The summed E-state index contributed by atoms with van der Waals surface area (Å²) < 4.78 is 2.41. The summed E-state index contributed by atoms with van der Waals surface area (Å²) in [5, 5.41) is 0. The monoisotopic (exact) mass is 241 g/mol. The molecule has 0 aliphatic heterocycles. The van der Waals surface area contributed by atoms with Gasteiger partial charge in [-0.25, -0.2) is 4.98 Å². The van der Waals surface area contributed by atoms with E-state index in [1.165, 1.54) is 31.2 Å². The highest BCUT2D eigenvalue weighted by atomic mass is 15.1. The Morgan fingerprint density at radius 1 is 1.22 bits per heavy atom. The average molecular weight is 241 g/mol. The highest BCUT2D eigenvalue weighted by Gasteiger charge is 2.32. The van der Waals surface area contributed by atoms with Gasteiger partial charge in [-0.3, -0.25) is 0 Å². The number of rotatable bonds is 4. The molecule has 1 aromatic carbocycles. The molecule has 2 fully saturated rings. The Balaban J connectivity index is 1.79. The van der Waals surface area contributed by atoms with Crippen molar-refractivity contribution in [3.8, 4) is 0 Å². The van der Waals surface area contributed by atoms with Gasteiger partial charge >= 0.3 is 0 Å². The number of nitrogens with zero attached hydrogens (tertiary/aromatic N) is 2. The van der Waals surface area contributed by atoms with E-state index in [1.54, 1.807) is 0 Å². The van der Waals surface area contributed by atoms with Gasteiger partial charge in [0.2, 0.25) is 0 Å². The van der Waals surface area contributed by atoms with Gasteiger partial charge in [-0.05, 0) is 37.3 Å². The molecule has 0 saturated heterocycles. The number of imidazole rings is 1. The number of nitrogens with two attached hydrogens (primary N) is 1. The molecule has 2 aliphatic rings. The fourth-order valence-corrected chi connectivity index (χ4v) is 2.86. The fourth-order valence-electron chi connectivity index (χ4n) is 2.86. The number of aromatic nitrogens is 2. The van der Waals surface area contributed by atoms with Crippen LogP contribution in [0.2, 0.25) is 0 Å². The second-order valence-corrected chi connectivity index (χ2v) is 5.85. The van der Waals surface area contributed by atoms with Crippen LogP contribution in [-0.2, 0) is 0 Å². The molecule has 3 nitrogen and oxygen atoms in total. The third kappa shape index (κ3) is 1.74. The summed E-state index contributed by atoms with van der Waals surface area (Å²) in [4.78, 5) is 4.79. The summed E-state index contributed by atoms with van der Waals surface area (Å²) in [7, 11) is 0. The van der Waals surface area contributed by atoms with E-state index in [2.05, 4.69) is 28.8 Å². The quantitative estimate of drug-likeness (QED) is 0.893. The highest BCUT2D eigenvalue weighted by Crippen LogP contribution is 2.42. The molecule has 2 N–H and O–H groups in total. The Bertz CT molecular complexity index is 578. The van der Waals surface area contributed by atoms with Crippen LogP contribution in [0.5, 0.6) is 0 Å². The summed E-state index contributed by atoms with van der Waals surface area (Å²) in [5.41, 5.74) is 8.75. The minimum absolute atomic E-state index is 0.116. The van der Waals surface area contributed by atoms with Crippen molar-refractivity contribution in [1.82, 2.24) is 9.55 Å². The third-order valence-corrected chi connectivity index (χ3v) is 4.15. The van der Waals surface area contributed by atoms with E-state index in [0.29, 0.717) is 6.04 Å². The first-order chi connectivity index (χ1) is 8.83. The number of hydrogen-bond acceptors (Lipinski definition) is 2. The first-order valence-corrected chi connectivity index (χ1v) is 7.05. The molecule has 0 bridgehead atoms. The van der Waals surface area contributed by atoms with Crippen LogP contribution in [0.4, 0.5) is 0 Å². The molecule has 2 aromatic rings. The number of para-hydroxylation sites is 2. The van der Waals surface area contributed by atoms with Gasteiger partial charge in [-0.1, -0.05) is 25.0 Å². The van der Waals surface area contributed by atoms with Crippen molar-refractivity contribution < 1.29 is 0 Å². The lowest BCUT2D eigenvalue weighted by atomic mass is 10.1. The van der Waals surface area contributed by atoms with E-state index in [9.17, 15) is 0 Å². The molecule has 2 aliphatic carbocycles. The van der Waals surface area contributed by atoms with Crippen molar-refractivity contribution in [1.29, 1.82) is 0 Å². The standard InChI is InChI=1S/C15H19N3/c16-12(9-10-5-6-10)15-17-13-3-1-2-4-14(13)18(15)11-7-8-11/h1-4,10-12H,5-9,16H2. The van der Waals surface area contributed by atoms with Crippen LogP contribution in [0.15, 0.2) is 24.3 Å². The van der Waals surface area contributed by atoms with E-state index in [0.717, 1.165) is 23.7 Å². The zero-order valence-corrected chi connectivity index (χ0v) is 10.5. The number of fused-ring (bicyclic) bond motifs is 1. The number of benzene rings is 1. The highest BCUT2D eigenvalue weighted by molar-refractivity contribution is 5.76. The van der Waals surface area contributed by atoms with E-state index < -0.39 is 0 Å². The van der Waals surface area contributed by atoms with Gasteiger partial charge in [0.1, 0.15) is 5.82 Å². The first kappa shape index (κ1) is 10.6. The maximum absolute atomic E-state index is 6.38. The molecule has 3 heteroatoms. The molecule has 4 rings (SSSR count). The van der Waals surface area contributed by atoms with Crippen molar-refractivity contribution in [3.05, 3.63) is 30.1 Å². The Kier molecular flexibility index (Phi) is 2.24. The minimum atomic E-state index is 0.116.